The first-order valence-corrected chi connectivity index (χ1v) is 10.5. The second-order valence-corrected chi connectivity index (χ2v) is 7.92. The Morgan fingerprint density at radius 2 is 1.91 bits per heavy atom. The molecule has 2 aromatic carbocycles. The van der Waals surface area contributed by atoms with Gasteiger partial charge < -0.3 is 9.30 Å². The molecule has 0 spiro atoms. The summed E-state index contributed by atoms with van der Waals surface area (Å²) in [7, 11) is 1.79. The molecule has 1 amide bonds. The van der Waals surface area contributed by atoms with Gasteiger partial charge in [0.2, 0.25) is 0 Å². The number of hydrogen-bond donors (Lipinski definition) is 0. The largest absolute Gasteiger partial charge is 0.445 e. The van der Waals surface area contributed by atoms with Crippen molar-refractivity contribution in [3.05, 3.63) is 77.7 Å². The van der Waals surface area contributed by atoms with Gasteiger partial charge in [0.15, 0.2) is 0 Å². The monoisotopic (exact) mass is 443 g/mol. The number of likely N-dealkylation sites (tertiary alicyclic amines) is 1. The fourth-order valence-electron chi connectivity index (χ4n) is 4.00. The molecule has 1 aliphatic rings. The molecule has 1 fully saturated rings. The fourth-order valence-corrected chi connectivity index (χ4v) is 4.00. The first-order valence-electron chi connectivity index (χ1n) is 10.5. The van der Waals surface area contributed by atoms with E-state index in [1.165, 1.54) is 6.07 Å². The molecular formula is C24H24F3N3O2. The zero-order valence-electron chi connectivity index (χ0n) is 17.7. The topological polar surface area (TPSA) is 47.4 Å². The zero-order chi connectivity index (χ0) is 22.7. The highest BCUT2D eigenvalue weighted by atomic mass is 19.4. The number of halogens is 3. The molecule has 5 nitrogen and oxygen atoms in total. The molecule has 1 atom stereocenters. The number of imidazole rings is 1. The van der Waals surface area contributed by atoms with Crippen LogP contribution in [0.5, 0.6) is 0 Å². The van der Waals surface area contributed by atoms with Crippen LogP contribution in [0.2, 0.25) is 0 Å². The van der Waals surface area contributed by atoms with Crippen molar-refractivity contribution in [3.8, 4) is 11.3 Å². The third-order valence-corrected chi connectivity index (χ3v) is 5.64. The lowest BCUT2D eigenvalue weighted by molar-refractivity contribution is -0.137. The van der Waals surface area contributed by atoms with Crippen molar-refractivity contribution < 1.29 is 22.7 Å². The summed E-state index contributed by atoms with van der Waals surface area (Å²) < 4.78 is 46.6. The van der Waals surface area contributed by atoms with E-state index in [0.29, 0.717) is 30.0 Å². The smallest absolute Gasteiger partial charge is 0.416 e. The highest BCUT2D eigenvalue weighted by Crippen LogP contribution is 2.34. The molecule has 8 heteroatoms. The van der Waals surface area contributed by atoms with Crippen molar-refractivity contribution in [2.45, 2.75) is 38.1 Å². The van der Waals surface area contributed by atoms with Crippen LogP contribution in [-0.2, 0) is 24.6 Å². The summed E-state index contributed by atoms with van der Waals surface area (Å²) in [4.78, 5) is 19.1. The van der Waals surface area contributed by atoms with Gasteiger partial charge in [-0.15, -0.1) is 0 Å². The predicted octanol–water partition coefficient (Wildman–Crippen LogP) is 5.97. The summed E-state index contributed by atoms with van der Waals surface area (Å²) in [6.07, 6.45) is -0.626. The van der Waals surface area contributed by atoms with Gasteiger partial charge in [-0.25, -0.2) is 9.78 Å². The number of aryl methyl sites for hydroxylation is 1. The third-order valence-electron chi connectivity index (χ3n) is 5.64. The van der Waals surface area contributed by atoms with E-state index in [2.05, 4.69) is 4.98 Å². The van der Waals surface area contributed by atoms with Gasteiger partial charge in [0.05, 0.1) is 17.3 Å². The number of carbonyl (C=O) groups excluding carboxylic acids is 1. The lowest BCUT2D eigenvalue weighted by Crippen LogP contribution is -2.39. The van der Waals surface area contributed by atoms with Crippen molar-refractivity contribution >= 4 is 6.09 Å². The number of piperidine rings is 1. The van der Waals surface area contributed by atoms with Crippen molar-refractivity contribution in [2.24, 2.45) is 7.05 Å². The molecule has 3 aromatic rings. The SMILES string of the molecule is Cn1cc(-c2cccc(C(F)(F)F)c2)nc1C1CCCCN1C(=O)OCc1ccccc1. The second kappa shape index (κ2) is 9.06. The summed E-state index contributed by atoms with van der Waals surface area (Å²) in [5.41, 5.74) is 1.01. The minimum Gasteiger partial charge on any atom is -0.445 e. The van der Waals surface area contributed by atoms with Crippen molar-refractivity contribution in [1.82, 2.24) is 14.5 Å². The first-order chi connectivity index (χ1) is 15.3. The summed E-state index contributed by atoms with van der Waals surface area (Å²) in [5, 5.41) is 0. The molecular weight excluding hydrogens is 419 g/mol. The van der Waals surface area contributed by atoms with Crippen LogP contribution in [0, 0.1) is 0 Å². The minimum atomic E-state index is -4.42. The van der Waals surface area contributed by atoms with Crippen LogP contribution in [0.25, 0.3) is 11.3 Å². The van der Waals surface area contributed by atoms with Crippen LogP contribution in [0.4, 0.5) is 18.0 Å². The average Bonchev–Trinajstić information content (AvgIpc) is 3.19. The molecule has 32 heavy (non-hydrogen) atoms. The number of nitrogens with zero attached hydrogens (tertiary/aromatic N) is 3. The first kappa shape index (κ1) is 21.9. The Kier molecular flexibility index (Phi) is 6.21. The summed E-state index contributed by atoms with van der Waals surface area (Å²) in [5.74, 6) is 0.633. The van der Waals surface area contributed by atoms with Gasteiger partial charge in [-0.1, -0.05) is 42.5 Å². The Morgan fingerprint density at radius 3 is 2.66 bits per heavy atom. The van der Waals surface area contributed by atoms with Gasteiger partial charge >= 0.3 is 12.3 Å². The van der Waals surface area contributed by atoms with E-state index in [1.54, 1.807) is 28.8 Å². The van der Waals surface area contributed by atoms with Gasteiger partial charge in [-0.05, 0) is 37.0 Å². The maximum atomic E-state index is 13.1. The Morgan fingerprint density at radius 1 is 1.12 bits per heavy atom. The normalized spacial score (nSPS) is 16.8. The van der Waals surface area contributed by atoms with Crippen LogP contribution >= 0.6 is 0 Å². The number of amides is 1. The molecule has 0 saturated carbocycles. The number of aromatic nitrogens is 2. The van der Waals surface area contributed by atoms with E-state index in [-0.39, 0.29) is 12.6 Å². The van der Waals surface area contributed by atoms with Gasteiger partial charge in [0.25, 0.3) is 0 Å². The van der Waals surface area contributed by atoms with Gasteiger partial charge in [-0.2, -0.15) is 13.2 Å². The number of alkyl halides is 3. The summed E-state index contributed by atoms with van der Waals surface area (Å²) >= 11 is 0. The van der Waals surface area contributed by atoms with Gasteiger partial charge in [-0.3, -0.25) is 4.90 Å². The average molecular weight is 443 g/mol. The maximum absolute atomic E-state index is 13.1. The second-order valence-electron chi connectivity index (χ2n) is 7.92. The van der Waals surface area contributed by atoms with Crippen molar-refractivity contribution in [2.75, 3.05) is 6.54 Å². The van der Waals surface area contributed by atoms with Crippen LogP contribution < -0.4 is 0 Å². The molecule has 0 bridgehead atoms. The Hall–Kier alpha value is -3.29. The highest BCUT2D eigenvalue weighted by molar-refractivity contribution is 5.68. The number of rotatable bonds is 4. The number of ether oxygens (including phenoxy) is 1. The molecule has 2 heterocycles. The van der Waals surface area contributed by atoms with Gasteiger partial charge in [0.1, 0.15) is 12.4 Å². The highest BCUT2D eigenvalue weighted by Gasteiger charge is 2.33. The van der Waals surface area contributed by atoms with Crippen LogP contribution in [-0.4, -0.2) is 27.1 Å². The number of benzene rings is 2. The molecule has 1 saturated heterocycles. The molecule has 1 aliphatic heterocycles. The lowest BCUT2D eigenvalue weighted by atomic mass is 10.0. The fraction of sp³-hybridized carbons (Fsp3) is 0.333. The predicted molar refractivity (Wildman–Crippen MR) is 114 cm³/mol. The zero-order valence-corrected chi connectivity index (χ0v) is 17.7. The molecule has 168 valence electrons. The van der Waals surface area contributed by atoms with E-state index in [0.717, 1.165) is 30.5 Å². The van der Waals surface area contributed by atoms with E-state index in [9.17, 15) is 18.0 Å². The summed E-state index contributed by atoms with van der Waals surface area (Å²) in [6.45, 7) is 0.725. The maximum Gasteiger partial charge on any atom is 0.416 e. The third kappa shape index (κ3) is 4.79. The van der Waals surface area contributed by atoms with Crippen LogP contribution in [0.3, 0.4) is 0 Å². The van der Waals surface area contributed by atoms with E-state index >= 15 is 0 Å². The Balaban J connectivity index is 1.55. The Labute approximate surface area is 184 Å². The molecule has 0 aliphatic carbocycles. The van der Waals surface area contributed by atoms with Gasteiger partial charge in [0, 0.05) is 25.4 Å². The van der Waals surface area contributed by atoms with E-state index in [1.807, 2.05) is 30.3 Å². The molecule has 1 aromatic heterocycles. The van der Waals surface area contributed by atoms with Crippen molar-refractivity contribution in [3.63, 3.8) is 0 Å². The molecule has 1 unspecified atom stereocenters. The molecule has 4 rings (SSSR count). The van der Waals surface area contributed by atoms with Crippen molar-refractivity contribution in [1.29, 1.82) is 0 Å². The molecule has 0 radical (unpaired) electrons. The summed E-state index contributed by atoms with van der Waals surface area (Å²) in [6, 6.07) is 14.3. The van der Waals surface area contributed by atoms with E-state index < -0.39 is 17.8 Å². The number of hydrogen-bond acceptors (Lipinski definition) is 3. The standard InChI is InChI=1S/C24H24F3N3O2/c1-29-15-20(18-10-7-11-19(14-18)24(25,26)27)28-22(29)21-12-5-6-13-30(21)23(31)32-16-17-8-3-2-4-9-17/h2-4,7-11,14-15,21H,5-6,12-13,16H2,1H3. The van der Waals surface area contributed by atoms with E-state index in [4.69, 9.17) is 4.74 Å². The lowest BCUT2D eigenvalue weighted by Gasteiger charge is -2.34. The van der Waals surface area contributed by atoms with Crippen LogP contribution in [0.1, 0.15) is 42.3 Å². The minimum absolute atomic E-state index is 0.180. The quantitative estimate of drug-likeness (QED) is 0.499. The Bertz CT molecular complexity index is 1080. The number of carbonyl (C=O) groups is 1. The molecule has 0 N–H and O–H groups in total. The van der Waals surface area contributed by atoms with Crippen LogP contribution in [0.15, 0.2) is 60.8 Å².